The first-order valence-corrected chi connectivity index (χ1v) is 7.39. The summed E-state index contributed by atoms with van der Waals surface area (Å²) in [7, 11) is 1.57. The molecular weight excluding hydrogens is 292 g/mol. The summed E-state index contributed by atoms with van der Waals surface area (Å²) in [5.74, 6) is 0.445. The Kier molecular flexibility index (Phi) is 5.49. The number of nitrogens with zero attached hydrogens (tertiary/aromatic N) is 2. The van der Waals surface area contributed by atoms with Crippen molar-refractivity contribution < 1.29 is 19.1 Å². The third kappa shape index (κ3) is 3.69. The topological polar surface area (TPSA) is 75.8 Å². The van der Waals surface area contributed by atoms with E-state index >= 15 is 0 Å². The van der Waals surface area contributed by atoms with Crippen LogP contribution in [0.2, 0.25) is 0 Å². The molecule has 1 N–H and O–H groups in total. The average molecular weight is 310 g/mol. The number of carbonyl (C=O) groups is 1. The Morgan fingerprint density at radius 2 is 2.33 bits per heavy atom. The number of furan rings is 1. The zero-order valence-corrected chi connectivity index (χ0v) is 12.9. The van der Waals surface area contributed by atoms with Crippen LogP contribution >= 0.6 is 11.3 Å². The zero-order chi connectivity index (χ0) is 15.2. The minimum atomic E-state index is -0.201. The first kappa shape index (κ1) is 15.7. The second-order valence-corrected chi connectivity index (χ2v) is 5.61. The number of aliphatic hydroxyl groups excluding tert-OH is 1. The summed E-state index contributed by atoms with van der Waals surface area (Å²) in [6.45, 7) is 2.85. The summed E-state index contributed by atoms with van der Waals surface area (Å²) in [6.07, 6.45) is 1.57. The third-order valence-corrected chi connectivity index (χ3v) is 3.94. The van der Waals surface area contributed by atoms with Gasteiger partial charge in [0.15, 0.2) is 10.8 Å². The lowest BCUT2D eigenvalue weighted by atomic mass is 10.3. The van der Waals surface area contributed by atoms with Crippen molar-refractivity contribution in [1.29, 1.82) is 0 Å². The van der Waals surface area contributed by atoms with Crippen LogP contribution in [0.25, 0.3) is 10.8 Å². The summed E-state index contributed by atoms with van der Waals surface area (Å²) >= 11 is 1.41. The molecule has 2 aromatic heterocycles. The molecule has 2 aromatic rings. The second kappa shape index (κ2) is 7.35. The first-order chi connectivity index (χ1) is 10.2. The predicted molar refractivity (Wildman–Crippen MR) is 79.4 cm³/mol. The molecule has 0 aromatic carbocycles. The van der Waals surface area contributed by atoms with Crippen LogP contribution in [0.1, 0.15) is 15.4 Å². The van der Waals surface area contributed by atoms with E-state index in [1.165, 1.54) is 16.2 Å². The van der Waals surface area contributed by atoms with Gasteiger partial charge in [-0.3, -0.25) is 4.79 Å². The molecule has 0 spiro atoms. The highest BCUT2D eigenvalue weighted by atomic mass is 32.1. The van der Waals surface area contributed by atoms with Crippen LogP contribution in [-0.4, -0.2) is 54.3 Å². The number of methoxy groups -OCH3 is 1. The second-order valence-electron chi connectivity index (χ2n) is 4.41. The standard InChI is InChI=1S/C14H18N2O4S/c1-10-12(14(18)16(5-7-17)6-9-19-2)15-13(21-10)11-4-3-8-20-11/h3-4,8,17H,5-7,9H2,1-2H3. The van der Waals surface area contributed by atoms with Crippen molar-refractivity contribution >= 4 is 17.2 Å². The highest BCUT2D eigenvalue weighted by molar-refractivity contribution is 7.15. The molecule has 0 saturated carbocycles. The molecule has 0 aliphatic carbocycles. The number of ether oxygens (including phenoxy) is 1. The molecule has 0 atom stereocenters. The average Bonchev–Trinajstić information content (AvgIpc) is 3.11. The van der Waals surface area contributed by atoms with Gasteiger partial charge in [-0.05, 0) is 19.1 Å². The Hall–Kier alpha value is -1.70. The van der Waals surface area contributed by atoms with Gasteiger partial charge < -0.3 is 19.2 Å². The molecule has 0 saturated heterocycles. The molecule has 21 heavy (non-hydrogen) atoms. The summed E-state index contributed by atoms with van der Waals surface area (Å²) < 4.78 is 10.3. The van der Waals surface area contributed by atoms with Gasteiger partial charge in [-0.1, -0.05) is 0 Å². The van der Waals surface area contributed by atoms with Crippen LogP contribution in [0.3, 0.4) is 0 Å². The number of hydrogen-bond donors (Lipinski definition) is 1. The molecule has 0 aliphatic heterocycles. The van der Waals surface area contributed by atoms with Crippen molar-refractivity contribution in [2.24, 2.45) is 0 Å². The number of amides is 1. The molecule has 0 bridgehead atoms. The molecule has 0 aliphatic rings. The monoisotopic (exact) mass is 310 g/mol. The fourth-order valence-corrected chi connectivity index (χ4v) is 2.76. The number of hydrogen-bond acceptors (Lipinski definition) is 6. The molecule has 0 unspecified atom stereocenters. The normalized spacial score (nSPS) is 10.8. The number of thiazole rings is 1. The van der Waals surface area contributed by atoms with E-state index in [1.54, 1.807) is 19.4 Å². The number of aryl methyl sites for hydroxylation is 1. The van der Waals surface area contributed by atoms with Crippen LogP contribution in [0.15, 0.2) is 22.8 Å². The molecule has 1 amide bonds. The van der Waals surface area contributed by atoms with Crippen LogP contribution in [0, 0.1) is 6.92 Å². The van der Waals surface area contributed by atoms with Gasteiger partial charge in [0.1, 0.15) is 5.69 Å². The summed E-state index contributed by atoms with van der Waals surface area (Å²) in [6, 6.07) is 3.59. The van der Waals surface area contributed by atoms with Gasteiger partial charge in [0.2, 0.25) is 0 Å². The van der Waals surface area contributed by atoms with Crippen molar-refractivity contribution in [3.05, 3.63) is 29.0 Å². The lowest BCUT2D eigenvalue weighted by Gasteiger charge is -2.20. The van der Waals surface area contributed by atoms with Gasteiger partial charge >= 0.3 is 0 Å². The van der Waals surface area contributed by atoms with Gasteiger partial charge in [-0.15, -0.1) is 11.3 Å². The molecule has 0 radical (unpaired) electrons. The van der Waals surface area contributed by atoms with E-state index in [4.69, 9.17) is 14.3 Å². The molecule has 2 rings (SSSR count). The smallest absolute Gasteiger partial charge is 0.273 e. The van der Waals surface area contributed by atoms with Crippen LogP contribution in [-0.2, 0) is 4.74 Å². The Labute approximate surface area is 127 Å². The Morgan fingerprint density at radius 3 is 2.95 bits per heavy atom. The van der Waals surface area contributed by atoms with Gasteiger partial charge in [-0.25, -0.2) is 4.98 Å². The van der Waals surface area contributed by atoms with E-state index in [9.17, 15) is 4.79 Å². The minimum absolute atomic E-state index is 0.0936. The lowest BCUT2D eigenvalue weighted by Crippen LogP contribution is -2.36. The molecule has 0 fully saturated rings. The third-order valence-electron chi connectivity index (χ3n) is 2.95. The fraction of sp³-hybridized carbons (Fsp3) is 0.429. The Bertz CT molecular complexity index is 580. The van der Waals surface area contributed by atoms with Crippen molar-refractivity contribution in [3.63, 3.8) is 0 Å². The lowest BCUT2D eigenvalue weighted by molar-refractivity contribution is 0.0651. The SMILES string of the molecule is COCCN(CCO)C(=O)c1nc(-c2ccco2)sc1C. The molecule has 114 valence electrons. The van der Waals surface area contributed by atoms with Gasteiger partial charge in [-0.2, -0.15) is 0 Å². The zero-order valence-electron chi connectivity index (χ0n) is 12.0. The maximum atomic E-state index is 12.5. The highest BCUT2D eigenvalue weighted by Crippen LogP contribution is 2.28. The molecule has 2 heterocycles. The maximum Gasteiger partial charge on any atom is 0.273 e. The van der Waals surface area contributed by atoms with Crippen molar-refractivity contribution in [3.8, 4) is 10.8 Å². The summed E-state index contributed by atoms with van der Waals surface area (Å²) in [4.78, 5) is 19.3. The Morgan fingerprint density at radius 1 is 1.52 bits per heavy atom. The summed E-state index contributed by atoms with van der Waals surface area (Å²) in [5.41, 5.74) is 0.399. The number of aliphatic hydroxyl groups is 1. The molecule has 6 nitrogen and oxygen atoms in total. The predicted octanol–water partition coefficient (Wildman–Crippen LogP) is 1.79. The van der Waals surface area contributed by atoms with E-state index in [2.05, 4.69) is 4.98 Å². The van der Waals surface area contributed by atoms with Gasteiger partial charge in [0.25, 0.3) is 5.91 Å². The van der Waals surface area contributed by atoms with Gasteiger partial charge in [0.05, 0.1) is 19.5 Å². The molecular formula is C14H18N2O4S. The van der Waals surface area contributed by atoms with E-state index in [0.29, 0.717) is 29.6 Å². The largest absolute Gasteiger partial charge is 0.462 e. The number of carbonyl (C=O) groups excluding carboxylic acids is 1. The van der Waals surface area contributed by atoms with Crippen LogP contribution in [0.4, 0.5) is 0 Å². The summed E-state index contributed by atoms with van der Waals surface area (Å²) in [5, 5.41) is 9.77. The quantitative estimate of drug-likeness (QED) is 0.844. The number of rotatable bonds is 7. The number of aromatic nitrogens is 1. The molecule has 7 heteroatoms. The fourth-order valence-electron chi connectivity index (χ4n) is 1.89. The van der Waals surface area contributed by atoms with Crippen LogP contribution in [0.5, 0.6) is 0 Å². The van der Waals surface area contributed by atoms with E-state index in [-0.39, 0.29) is 19.1 Å². The van der Waals surface area contributed by atoms with Crippen molar-refractivity contribution in [2.75, 3.05) is 33.4 Å². The van der Waals surface area contributed by atoms with Crippen molar-refractivity contribution in [2.45, 2.75) is 6.92 Å². The van der Waals surface area contributed by atoms with E-state index in [1.807, 2.05) is 13.0 Å². The maximum absolute atomic E-state index is 12.5. The van der Waals surface area contributed by atoms with Crippen molar-refractivity contribution in [1.82, 2.24) is 9.88 Å². The van der Waals surface area contributed by atoms with Gasteiger partial charge in [0, 0.05) is 25.1 Å². The highest BCUT2D eigenvalue weighted by Gasteiger charge is 2.22. The van der Waals surface area contributed by atoms with E-state index in [0.717, 1.165) is 4.88 Å². The Balaban J connectivity index is 2.21. The van der Waals surface area contributed by atoms with E-state index < -0.39 is 0 Å². The first-order valence-electron chi connectivity index (χ1n) is 6.57. The minimum Gasteiger partial charge on any atom is -0.462 e. The van der Waals surface area contributed by atoms with Crippen LogP contribution < -0.4 is 0 Å².